The summed E-state index contributed by atoms with van der Waals surface area (Å²) in [4.78, 5) is 2.43. The topological polar surface area (TPSA) is 35.5 Å². The predicted molar refractivity (Wildman–Crippen MR) is 90.1 cm³/mol. The molecule has 2 rings (SSSR count). The lowest BCUT2D eigenvalue weighted by molar-refractivity contribution is 0.207. The van der Waals surface area contributed by atoms with Crippen molar-refractivity contribution >= 4 is 17.3 Å². The largest absolute Gasteiger partial charge is 0.396 e. The maximum atomic E-state index is 9.09. The molecule has 1 aromatic rings. The zero-order valence-corrected chi connectivity index (χ0v) is 13.9. The summed E-state index contributed by atoms with van der Waals surface area (Å²) in [5.74, 6) is 0. The van der Waals surface area contributed by atoms with Gasteiger partial charge in [0, 0.05) is 49.1 Å². The lowest BCUT2D eigenvalue weighted by Gasteiger charge is -2.26. The molecule has 1 aliphatic rings. The fourth-order valence-corrected chi connectivity index (χ4v) is 3.13. The summed E-state index contributed by atoms with van der Waals surface area (Å²) in [5, 5.41) is 13.4. The van der Waals surface area contributed by atoms with Crippen LogP contribution in [0.3, 0.4) is 0 Å². The van der Waals surface area contributed by atoms with Gasteiger partial charge in [-0.3, -0.25) is 0 Å². The molecule has 118 valence electrons. The first-order valence-corrected chi connectivity index (χ1v) is 8.25. The third kappa shape index (κ3) is 4.60. The zero-order valence-electron chi connectivity index (χ0n) is 13.2. The van der Waals surface area contributed by atoms with Crippen LogP contribution in [0.1, 0.15) is 38.7 Å². The first-order chi connectivity index (χ1) is 10.0. The summed E-state index contributed by atoms with van der Waals surface area (Å²) in [6.45, 7) is 8.49. The molecule has 4 heteroatoms. The lowest BCUT2D eigenvalue weighted by atomic mass is 9.89. The molecule has 1 heterocycles. The quantitative estimate of drug-likeness (QED) is 0.810. The van der Waals surface area contributed by atoms with E-state index in [9.17, 15) is 0 Å². The summed E-state index contributed by atoms with van der Waals surface area (Å²) in [5.41, 5.74) is 2.57. The van der Waals surface area contributed by atoms with Crippen molar-refractivity contribution in [3.8, 4) is 0 Å². The Bertz CT molecular complexity index is 456. The molecule has 0 amide bonds. The Labute approximate surface area is 133 Å². The highest BCUT2D eigenvalue weighted by atomic mass is 35.5. The predicted octanol–water partition coefficient (Wildman–Crippen LogP) is 3.44. The van der Waals surface area contributed by atoms with Crippen molar-refractivity contribution in [3.63, 3.8) is 0 Å². The second kappa shape index (κ2) is 7.48. The van der Waals surface area contributed by atoms with Crippen molar-refractivity contribution in [1.29, 1.82) is 0 Å². The molecule has 0 spiro atoms. The number of benzene rings is 1. The van der Waals surface area contributed by atoms with E-state index in [1.165, 1.54) is 24.1 Å². The first-order valence-electron chi connectivity index (χ1n) is 7.87. The maximum Gasteiger partial charge on any atom is 0.0471 e. The van der Waals surface area contributed by atoms with Crippen LogP contribution in [0.4, 0.5) is 5.69 Å². The van der Waals surface area contributed by atoms with Crippen molar-refractivity contribution in [2.24, 2.45) is 5.41 Å². The molecule has 0 atom stereocenters. The Morgan fingerprint density at radius 3 is 2.67 bits per heavy atom. The van der Waals surface area contributed by atoms with Crippen LogP contribution in [0.15, 0.2) is 18.2 Å². The molecule has 0 bridgehead atoms. The van der Waals surface area contributed by atoms with Crippen LogP contribution in [-0.2, 0) is 6.54 Å². The number of nitrogens with one attached hydrogen (secondary N) is 1. The van der Waals surface area contributed by atoms with Crippen LogP contribution in [0.5, 0.6) is 0 Å². The van der Waals surface area contributed by atoms with Gasteiger partial charge in [-0.2, -0.15) is 0 Å². The van der Waals surface area contributed by atoms with Crippen LogP contribution in [0.25, 0.3) is 0 Å². The van der Waals surface area contributed by atoms with E-state index in [1.54, 1.807) is 0 Å². The SMILES string of the molecule is CC(C)(CCO)CNCc1c(Cl)cccc1N1CCCC1. The third-order valence-corrected chi connectivity index (χ3v) is 4.59. The number of nitrogens with zero attached hydrogens (tertiary/aromatic N) is 1. The van der Waals surface area contributed by atoms with E-state index in [0.29, 0.717) is 0 Å². The number of aliphatic hydroxyl groups excluding tert-OH is 1. The summed E-state index contributed by atoms with van der Waals surface area (Å²) >= 11 is 6.41. The average Bonchev–Trinajstić information content (AvgIpc) is 2.94. The van der Waals surface area contributed by atoms with Crippen molar-refractivity contribution in [1.82, 2.24) is 5.32 Å². The van der Waals surface area contributed by atoms with Crippen LogP contribution in [-0.4, -0.2) is 31.3 Å². The van der Waals surface area contributed by atoms with Crippen molar-refractivity contribution in [2.75, 3.05) is 31.1 Å². The molecule has 0 aromatic heterocycles. The zero-order chi connectivity index (χ0) is 15.3. The van der Waals surface area contributed by atoms with Crippen molar-refractivity contribution in [2.45, 2.75) is 39.7 Å². The Morgan fingerprint density at radius 2 is 2.00 bits per heavy atom. The van der Waals surface area contributed by atoms with E-state index in [4.69, 9.17) is 16.7 Å². The number of rotatable bonds is 7. The Balaban J connectivity index is 2.02. The highest BCUT2D eigenvalue weighted by Gasteiger charge is 2.19. The molecule has 0 unspecified atom stereocenters. The minimum Gasteiger partial charge on any atom is -0.396 e. The average molecular weight is 311 g/mol. The van der Waals surface area contributed by atoms with Crippen molar-refractivity contribution in [3.05, 3.63) is 28.8 Å². The van der Waals surface area contributed by atoms with E-state index in [1.807, 2.05) is 12.1 Å². The van der Waals surface area contributed by atoms with E-state index < -0.39 is 0 Å². The second-order valence-electron chi connectivity index (χ2n) is 6.67. The van der Waals surface area contributed by atoms with Gasteiger partial charge in [0.05, 0.1) is 0 Å². The molecular weight excluding hydrogens is 284 g/mol. The van der Waals surface area contributed by atoms with Gasteiger partial charge in [0.25, 0.3) is 0 Å². The maximum absolute atomic E-state index is 9.09. The Morgan fingerprint density at radius 1 is 1.29 bits per heavy atom. The van der Waals surface area contributed by atoms with Gasteiger partial charge in [-0.15, -0.1) is 0 Å². The van der Waals surface area contributed by atoms with Crippen LogP contribution in [0.2, 0.25) is 5.02 Å². The van der Waals surface area contributed by atoms with Gasteiger partial charge in [-0.1, -0.05) is 31.5 Å². The fraction of sp³-hybridized carbons (Fsp3) is 0.647. The van der Waals surface area contributed by atoms with E-state index >= 15 is 0 Å². The van der Waals surface area contributed by atoms with Gasteiger partial charge in [0.1, 0.15) is 0 Å². The molecule has 1 fully saturated rings. The van der Waals surface area contributed by atoms with Gasteiger partial charge in [0.2, 0.25) is 0 Å². The standard InChI is InChI=1S/C17H27ClN2O/c1-17(2,8-11-21)13-19-12-14-15(18)6-5-7-16(14)20-9-3-4-10-20/h5-7,19,21H,3-4,8-13H2,1-2H3. The molecule has 2 N–H and O–H groups in total. The third-order valence-electron chi connectivity index (χ3n) is 4.23. The fourth-order valence-electron chi connectivity index (χ4n) is 2.89. The first kappa shape index (κ1) is 16.6. The minimum atomic E-state index is 0.101. The molecule has 0 saturated carbocycles. The highest BCUT2D eigenvalue weighted by molar-refractivity contribution is 6.31. The van der Waals surface area contributed by atoms with Gasteiger partial charge in [0.15, 0.2) is 0 Å². The molecule has 1 saturated heterocycles. The summed E-state index contributed by atoms with van der Waals surface area (Å²) in [7, 11) is 0. The molecule has 0 aliphatic carbocycles. The highest BCUT2D eigenvalue weighted by Crippen LogP contribution is 2.30. The molecule has 0 radical (unpaired) electrons. The summed E-state index contributed by atoms with van der Waals surface area (Å²) < 4.78 is 0. The smallest absolute Gasteiger partial charge is 0.0471 e. The van der Waals surface area contributed by atoms with E-state index in [2.05, 4.69) is 30.1 Å². The number of anilines is 1. The van der Waals surface area contributed by atoms with Gasteiger partial charge >= 0.3 is 0 Å². The van der Waals surface area contributed by atoms with Crippen LogP contribution >= 0.6 is 11.6 Å². The van der Waals surface area contributed by atoms with E-state index in [0.717, 1.165) is 37.6 Å². The van der Waals surface area contributed by atoms with Crippen molar-refractivity contribution < 1.29 is 5.11 Å². The molecule has 21 heavy (non-hydrogen) atoms. The Kier molecular flexibility index (Phi) is 5.91. The van der Waals surface area contributed by atoms with Gasteiger partial charge < -0.3 is 15.3 Å². The van der Waals surface area contributed by atoms with Crippen LogP contribution in [0, 0.1) is 5.41 Å². The summed E-state index contributed by atoms with van der Waals surface area (Å²) in [6.07, 6.45) is 3.34. The Hall–Kier alpha value is -0.770. The monoisotopic (exact) mass is 310 g/mol. The number of halogens is 1. The lowest BCUT2D eigenvalue weighted by Crippen LogP contribution is -2.30. The van der Waals surface area contributed by atoms with Gasteiger partial charge in [-0.05, 0) is 36.8 Å². The number of hydrogen-bond acceptors (Lipinski definition) is 3. The minimum absolute atomic E-state index is 0.101. The molecule has 1 aliphatic heterocycles. The normalized spacial score (nSPS) is 15.7. The number of hydrogen-bond donors (Lipinski definition) is 2. The number of aliphatic hydroxyl groups is 1. The molecule has 3 nitrogen and oxygen atoms in total. The second-order valence-corrected chi connectivity index (χ2v) is 7.08. The van der Waals surface area contributed by atoms with Gasteiger partial charge in [-0.25, -0.2) is 0 Å². The molecular formula is C17H27ClN2O. The summed E-state index contributed by atoms with van der Waals surface area (Å²) in [6, 6.07) is 6.18. The van der Waals surface area contributed by atoms with E-state index in [-0.39, 0.29) is 12.0 Å². The van der Waals surface area contributed by atoms with Crippen LogP contribution < -0.4 is 10.2 Å². The molecule has 1 aromatic carbocycles.